The van der Waals surface area contributed by atoms with E-state index in [4.69, 9.17) is 0 Å². The van der Waals surface area contributed by atoms with E-state index in [1.54, 1.807) is 0 Å². The Labute approximate surface area is 721 Å². The number of para-hydroxylation sites is 10. The Morgan fingerprint density at radius 3 is 0.851 bits per heavy atom. The van der Waals surface area contributed by atoms with E-state index < -0.39 is 21.7 Å². The topological polar surface area (TPSA) is 50.3 Å². The monoisotopic (exact) mass is 1660 g/mol. The highest BCUT2D eigenvalue weighted by atomic mass is 79.9. The number of anilines is 12. The number of fused-ring (bicyclic) bond motifs is 4. The van der Waals surface area contributed by atoms with Crippen molar-refractivity contribution in [1.29, 1.82) is 0 Å². The molecule has 20 rings (SSSR count). The summed E-state index contributed by atoms with van der Waals surface area (Å²) in [5.41, 5.74) is 15.3. The summed E-state index contributed by atoms with van der Waals surface area (Å²) in [5, 5.41) is 24.4. The summed E-state index contributed by atoms with van der Waals surface area (Å²) in [4.78, 5) is 22.4. The SMILES string of the molecule is Brc1ccccc1N(c1ccccc1)c1ccccc1.C.C.O=C(c1ccccc1)c1ccc(N2c3ccccc3[Si](c3ccccc3)(c3ccccc3)c3ccccc32)cc1.OC(c1ccccc1)(c1ccc(N2c3ccccc3[Si](c3ccccc3)(c3ccccc3)c3ccccc32)cc1)c1ccccc1N(c1ccccc1)c1ccccc1. The van der Waals surface area contributed by atoms with Crippen molar-refractivity contribution in [3.63, 3.8) is 0 Å². The summed E-state index contributed by atoms with van der Waals surface area (Å²) in [6, 6.07) is 174. The quantitative estimate of drug-likeness (QED) is 0.0557. The Morgan fingerprint density at radius 2 is 0.504 bits per heavy atom. The van der Waals surface area contributed by atoms with Crippen LogP contribution < -0.4 is 61.1 Å². The van der Waals surface area contributed by atoms with Crippen molar-refractivity contribution >= 4 is 148 Å². The average Bonchev–Trinajstić information content (AvgIpc) is 0.697. The zero-order valence-electron chi connectivity index (χ0n) is 65.4. The highest BCUT2D eigenvalue weighted by molar-refractivity contribution is 9.10. The smallest absolute Gasteiger partial charge is 0.193 e. The number of rotatable bonds is 17. The zero-order valence-corrected chi connectivity index (χ0v) is 69.0. The van der Waals surface area contributed by atoms with Crippen molar-refractivity contribution in [2.24, 2.45) is 0 Å². The number of hydrogen-bond donors (Lipinski definition) is 1. The zero-order chi connectivity index (χ0) is 80.4. The summed E-state index contributed by atoms with van der Waals surface area (Å²) >= 11 is 3.65. The molecule has 18 aromatic carbocycles. The first-order valence-corrected chi connectivity index (χ1v) is 45.1. The largest absolute Gasteiger partial charge is 0.376 e. The van der Waals surface area contributed by atoms with Gasteiger partial charge in [0.25, 0.3) is 0 Å². The van der Waals surface area contributed by atoms with Gasteiger partial charge in [-0.2, -0.15) is 0 Å². The van der Waals surface area contributed by atoms with Crippen LogP contribution in [0.25, 0.3) is 0 Å². The predicted octanol–water partition coefficient (Wildman–Crippen LogP) is 23.9. The molecule has 2 aliphatic rings. The minimum Gasteiger partial charge on any atom is -0.376 e. The maximum atomic E-state index is 13.6. The molecule has 0 fully saturated rings. The summed E-state index contributed by atoms with van der Waals surface area (Å²) in [6.45, 7) is 0. The van der Waals surface area contributed by atoms with Crippen molar-refractivity contribution in [2.75, 3.05) is 19.6 Å². The van der Waals surface area contributed by atoms with E-state index in [1.165, 1.54) is 64.2 Å². The fraction of sp³-hybridized carbons (Fsp3) is 0.0268. The molecule has 9 heteroatoms. The van der Waals surface area contributed by atoms with Crippen molar-refractivity contribution in [3.8, 4) is 0 Å². The van der Waals surface area contributed by atoms with Gasteiger partial charge in [0, 0.05) is 78.0 Å². The molecule has 0 aliphatic carbocycles. The fourth-order valence-corrected chi connectivity index (χ4v) is 28.3. The summed E-state index contributed by atoms with van der Waals surface area (Å²) in [6.07, 6.45) is 0. The Hall–Kier alpha value is -14.3. The lowest BCUT2D eigenvalue weighted by atomic mass is 9.79. The van der Waals surface area contributed by atoms with Crippen molar-refractivity contribution in [2.45, 2.75) is 20.5 Å². The Bertz CT molecular complexity index is 6210. The minimum atomic E-state index is -2.74. The molecule has 1 N–H and O–H groups in total. The van der Waals surface area contributed by atoms with Gasteiger partial charge in [-0.25, -0.2) is 0 Å². The maximum Gasteiger partial charge on any atom is 0.193 e. The lowest BCUT2D eigenvalue weighted by molar-refractivity contribution is 0.103. The van der Waals surface area contributed by atoms with Gasteiger partial charge in [-0.05, 0) is 196 Å². The van der Waals surface area contributed by atoms with Crippen LogP contribution in [0.1, 0.15) is 47.5 Å². The van der Waals surface area contributed by atoms with Crippen LogP contribution in [0.5, 0.6) is 0 Å². The molecule has 18 aromatic rings. The van der Waals surface area contributed by atoms with Gasteiger partial charge in [0.1, 0.15) is 5.60 Å². The van der Waals surface area contributed by atoms with Crippen LogP contribution >= 0.6 is 15.9 Å². The van der Waals surface area contributed by atoms with Crippen molar-refractivity contribution < 1.29 is 9.90 Å². The highest BCUT2D eigenvalue weighted by Crippen LogP contribution is 2.48. The van der Waals surface area contributed by atoms with Gasteiger partial charge in [0.15, 0.2) is 21.9 Å². The molecule has 2 aliphatic heterocycles. The molecule has 1 atom stereocenters. The molecule has 0 saturated heterocycles. The molecule has 0 spiro atoms. The van der Waals surface area contributed by atoms with Crippen LogP contribution in [-0.4, -0.2) is 27.0 Å². The number of benzene rings is 18. The number of carbonyl (C=O) groups is 1. The number of nitrogens with zero attached hydrogens (tertiary/aromatic N) is 4. The van der Waals surface area contributed by atoms with Crippen molar-refractivity contribution in [3.05, 3.63) is 530 Å². The maximum absolute atomic E-state index is 13.6. The van der Waals surface area contributed by atoms with E-state index in [0.29, 0.717) is 11.1 Å². The average molecular weight is 1660 g/mol. The molecule has 6 nitrogen and oxygen atoms in total. The number of carbonyl (C=O) groups excluding carboxylic acids is 1. The second-order valence-electron chi connectivity index (χ2n) is 29.6. The second-order valence-corrected chi connectivity index (χ2v) is 37.9. The third-order valence-electron chi connectivity index (χ3n) is 22.9. The van der Waals surface area contributed by atoms with E-state index in [9.17, 15) is 9.90 Å². The molecular weight excluding hydrogens is 1570 g/mol. The van der Waals surface area contributed by atoms with Gasteiger partial charge < -0.3 is 24.7 Å². The van der Waals surface area contributed by atoms with Gasteiger partial charge in [-0.3, -0.25) is 4.79 Å². The number of ketones is 1. The Kier molecular flexibility index (Phi) is 24.1. The van der Waals surface area contributed by atoms with E-state index in [1.807, 2.05) is 115 Å². The first-order valence-electron chi connectivity index (χ1n) is 40.3. The Balaban J connectivity index is 0.000000151. The highest BCUT2D eigenvalue weighted by Gasteiger charge is 2.51. The lowest BCUT2D eigenvalue weighted by Crippen LogP contribution is -2.77. The van der Waals surface area contributed by atoms with Crippen LogP contribution in [0.15, 0.2) is 502 Å². The summed E-state index contributed by atoms with van der Waals surface area (Å²) in [7, 11) is -5.36. The van der Waals surface area contributed by atoms with Crippen LogP contribution in [0.3, 0.4) is 0 Å². The lowest BCUT2D eigenvalue weighted by Gasteiger charge is -2.45. The standard InChI is InChI=1S/C55H42N2OSi.C37H27NOSi.C18H14BrN.2CH4/c58-55(42-22-6-1-7-23-42,49-32-16-17-33-50(49)56(44-24-8-2-9-25-44)45-26-10-3-11-27-45)43-38-40-46(41-39-43)57-51-34-18-20-36-53(51)59(47-28-12-4-13-29-47,48-30-14-5-15-31-48)54-37-21-19-35-52(54)57;39-37(28-14-4-1-5-15-28)29-24-26-30(27-25-29)38-33-20-10-12-22-35(33)40(31-16-6-2-7-17-31,32-18-8-3-9-19-32)36-23-13-11-21-34(36)38;19-17-13-7-8-14-18(17)20(15-9-3-1-4-10-15)16-11-5-2-6-12-16;;/h1-41,58H;1-27H;1-14H;2*1H4. The van der Waals surface area contributed by atoms with Gasteiger partial charge in [0.2, 0.25) is 0 Å². The molecule has 0 amide bonds. The first kappa shape index (κ1) is 80.5. The summed E-state index contributed by atoms with van der Waals surface area (Å²) in [5.74, 6) is 0.0335. The molecule has 0 radical (unpaired) electrons. The van der Waals surface area contributed by atoms with Gasteiger partial charge >= 0.3 is 0 Å². The van der Waals surface area contributed by atoms with Crippen LogP contribution in [0.4, 0.5) is 68.2 Å². The Morgan fingerprint density at radius 1 is 0.256 bits per heavy atom. The van der Waals surface area contributed by atoms with E-state index in [-0.39, 0.29) is 20.6 Å². The molecule has 586 valence electrons. The van der Waals surface area contributed by atoms with Gasteiger partial charge in [0.05, 0.1) is 11.4 Å². The first-order chi connectivity index (χ1) is 58.8. The molecular formula is C112H91BrN4O2Si2. The number of hydrogen-bond acceptors (Lipinski definition) is 6. The van der Waals surface area contributed by atoms with E-state index in [0.717, 1.165) is 66.7 Å². The normalized spacial score (nSPS) is 12.8. The predicted molar refractivity (Wildman–Crippen MR) is 518 cm³/mol. The molecule has 1 unspecified atom stereocenters. The number of halogens is 1. The molecule has 2 heterocycles. The van der Waals surface area contributed by atoms with E-state index in [2.05, 4.69) is 418 Å². The third kappa shape index (κ3) is 15.2. The van der Waals surface area contributed by atoms with Crippen LogP contribution in [0.2, 0.25) is 0 Å². The third-order valence-corrected chi connectivity index (χ3v) is 33.3. The van der Waals surface area contributed by atoms with Crippen LogP contribution in [0, 0.1) is 0 Å². The number of aliphatic hydroxyl groups is 1. The van der Waals surface area contributed by atoms with E-state index >= 15 is 0 Å². The van der Waals surface area contributed by atoms with Crippen molar-refractivity contribution in [1.82, 2.24) is 0 Å². The second kappa shape index (κ2) is 36.3. The fourth-order valence-electron chi connectivity index (χ4n) is 17.7. The van der Waals surface area contributed by atoms with Gasteiger partial charge in [-0.1, -0.05) is 385 Å². The summed E-state index contributed by atoms with van der Waals surface area (Å²) < 4.78 is 1.08. The van der Waals surface area contributed by atoms with Gasteiger partial charge in [-0.15, -0.1) is 0 Å². The molecule has 121 heavy (non-hydrogen) atoms. The minimum absolute atomic E-state index is 0. The molecule has 0 bridgehead atoms. The molecule has 0 aromatic heterocycles. The van der Waals surface area contributed by atoms with Crippen LogP contribution in [-0.2, 0) is 5.60 Å². The molecule has 0 saturated carbocycles.